The van der Waals surface area contributed by atoms with Gasteiger partial charge in [-0.3, -0.25) is 4.90 Å². The van der Waals surface area contributed by atoms with Gasteiger partial charge in [0.05, 0.1) is 0 Å². The smallest absolute Gasteiger partial charge is 0.0473 e. The molecule has 0 amide bonds. The summed E-state index contributed by atoms with van der Waals surface area (Å²) < 4.78 is 1.12. The molecule has 0 bridgehead atoms. The van der Waals surface area contributed by atoms with Gasteiger partial charge in [0.15, 0.2) is 0 Å². The normalized spacial score (nSPS) is 22.1. The molecule has 4 heteroatoms. The third-order valence-electron chi connectivity index (χ3n) is 3.88. The number of nitrogens with two attached hydrogens (primary N) is 1. The van der Waals surface area contributed by atoms with Crippen molar-refractivity contribution in [3.8, 4) is 0 Å². The van der Waals surface area contributed by atoms with E-state index >= 15 is 0 Å². The van der Waals surface area contributed by atoms with Crippen LogP contribution in [0.4, 0.5) is 0 Å². The molecule has 1 aliphatic rings. The number of nitrogens with zero attached hydrogens (tertiary/aromatic N) is 2. The zero-order valence-electron chi connectivity index (χ0n) is 11.8. The number of likely N-dealkylation sites (N-methyl/N-ethyl adjacent to an activating group) is 1. The maximum atomic E-state index is 6.05. The Morgan fingerprint density at radius 3 is 2.63 bits per heavy atom. The molecule has 106 valence electrons. The molecule has 0 aliphatic carbocycles. The monoisotopic (exact) mass is 325 g/mol. The first-order valence-electron chi connectivity index (χ1n) is 6.98. The number of benzene rings is 1. The molecule has 1 aliphatic heterocycles. The van der Waals surface area contributed by atoms with Gasteiger partial charge in [0, 0.05) is 29.6 Å². The Bertz CT molecular complexity index is 391. The van der Waals surface area contributed by atoms with E-state index in [1.807, 2.05) is 0 Å². The van der Waals surface area contributed by atoms with Crippen LogP contribution in [0, 0.1) is 0 Å². The molecule has 1 heterocycles. The molecule has 2 rings (SSSR count). The molecule has 1 saturated heterocycles. The average molecular weight is 326 g/mol. The summed E-state index contributed by atoms with van der Waals surface area (Å²) in [5, 5.41) is 0. The molecule has 1 aromatic carbocycles. The van der Waals surface area contributed by atoms with E-state index in [1.54, 1.807) is 0 Å². The van der Waals surface area contributed by atoms with Crippen LogP contribution >= 0.6 is 15.9 Å². The minimum absolute atomic E-state index is 0.348. The first kappa shape index (κ1) is 15.0. The van der Waals surface area contributed by atoms with Crippen molar-refractivity contribution in [2.24, 2.45) is 5.73 Å². The van der Waals surface area contributed by atoms with Crippen LogP contribution in [-0.2, 0) is 0 Å². The zero-order chi connectivity index (χ0) is 13.8. The fraction of sp³-hybridized carbons (Fsp3) is 0.600. The molecule has 0 saturated carbocycles. The molecular weight excluding hydrogens is 302 g/mol. The Balaban J connectivity index is 2.14. The van der Waals surface area contributed by atoms with Crippen LogP contribution in [0.25, 0.3) is 0 Å². The van der Waals surface area contributed by atoms with Gasteiger partial charge in [-0.2, -0.15) is 0 Å². The topological polar surface area (TPSA) is 32.5 Å². The van der Waals surface area contributed by atoms with E-state index in [2.05, 4.69) is 64.1 Å². The molecule has 0 radical (unpaired) electrons. The van der Waals surface area contributed by atoms with Crippen LogP contribution in [0.5, 0.6) is 0 Å². The fourth-order valence-corrected chi connectivity index (χ4v) is 3.30. The van der Waals surface area contributed by atoms with Gasteiger partial charge in [-0.1, -0.05) is 28.1 Å². The highest BCUT2D eigenvalue weighted by Crippen LogP contribution is 2.29. The number of hydrogen-bond acceptors (Lipinski definition) is 3. The van der Waals surface area contributed by atoms with Gasteiger partial charge in [-0.15, -0.1) is 0 Å². The van der Waals surface area contributed by atoms with Gasteiger partial charge in [-0.25, -0.2) is 0 Å². The van der Waals surface area contributed by atoms with Gasteiger partial charge >= 0.3 is 0 Å². The fourth-order valence-electron chi connectivity index (χ4n) is 3.03. The summed E-state index contributed by atoms with van der Waals surface area (Å²) in [6.45, 7) is 2.97. The Hall–Kier alpha value is -0.420. The largest absolute Gasteiger partial charge is 0.329 e. The van der Waals surface area contributed by atoms with E-state index < -0.39 is 0 Å². The van der Waals surface area contributed by atoms with Crippen molar-refractivity contribution in [2.75, 3.05) is 33.7 Å². The van der Waals surface area contributed by atoms with E-state index in [0.717, 1.165) is 17.6 Å². The lowest BCUT2D eigenvalue weighted by atomic mass is 10.0. The van der Waals surface area contributed by atoms with Crippen molar-refractivity contribution in [1.82, 2.24) is 9.80 Å². The van der Waals surface area contributed by atoms with E-state index in [1.165, 1.54) is 18.4 Å². The van der Waals surface area contributed by atoms with Crippen LogP contribution in [0.3, 0.4) is 0 Å². The lowest BCUT2D eigenvalue weighted by Crippen LogP contribution is -2.42. The van der Waals surface area contributed by atoms with Crippen LogP contribution in [-0.4, -0.2) is 49.6 Å². The minimum Gasteiger partial charge on any atom is -0.329 e. The Kier molecular flexibility index (Phi) is 5.39. The maximum Gasteiger partial charge on any atom is 0.0473 e. The summed E-state index contributed by atoms with van der Waals surface area (Å²) in [4.78, 5) is 4.86. The molecule has 2 N–H and O–H groups in total. The summed E-state index contributed by atoms with van der Waals surface area (Å²) >= 11 is 3.49. The summed E-state index contributed by atoms with van der Waals surface area (Å²) in [6.07, 6.45) is 2.57. The average Bonchev–Trinajstić information content (AvgIpc) is 2.80. The van der Waals surface area contributed by atoms with Gasteiger partial charge in [-0.05, 0) is 51.2 Å². The third-order valence-corrected chi connectivity index (χ3v) is 4.41. The van der Waals surface area contributed by atoms with Crippen LogP contribution in [0.1, 0.15) is 24.4 Å². The molecule has 2 atom stereocenters. The first-order valence-corrected chi connectivity index (χ1v) is 7.77. The molecule has 0 aromatic heterocycles. The highest BCUT2D eigenvalue weighted by Gasteiger charge is 2.30. The van der Waals surface area contributed by atoms with Gasteiger partial charge in [0.25, 0.3) is 0 Å². The predicted octanol–water partition coefficient (Wildman–Crippen LogP) is 2.47. The molecular formula is C15H24BrN3. The van der Waals surface area contributed by atoms with Crippen LogP contribution in [0.15, 0.2) is 28.7 Å². The van der Waals surface area contributed by atoms with Crippen LogP contribution in [0.2, 0.25) is 0 Å². The summed E-state index contributed by atoms with van der Waals surface area (Å²) in [5.74, 6) is 0. The van der Waals surface area contributed by atoms with Gasteiger partial charge < -0.3 is 10.6 Å². The number of hydrogen-bond donors (Lipinski definition) is 1. The highest BCUT2D eigenvalue weighted by atomic mass is 79.9. The van der Waals surface area contributed by atoms with Gasteiger partial charge in [0.1, 0.15) is 0 Å². The van der Waals surface area contributed by atoms with Crippen LogP contribution < -0.4 is 5.73 Å². The second kappa shape index (κ2) is 6.84. The minimum atomic E-state index is 0.348. The molecule has 2 unspecified atom stereocenters. The Morgan fingerprint density at radius 2 is 2.05 bits per heavy atom. The first-order chi connectivity index (χ1) is 9.11. The standard InChI is InChI=1S/C15H24BrN3/c1-18(2)11-14-4-3-9-19(14)15(10-17)12-5-7-13(16)8-6-12/h5-8,14-15H,3-4,9-11,17H2,1-2H3. The lowest BCUT2D eigenvalue weighted by molar-refractivity contribution is 0.156. The van der Waals surface area contributed by atoms with Gasteiger partial charge in [0.2, 0.25) is 0 Å². The quantitative estimate of drug-likeness (QED) is 0.902. The highest BCUT2D eigenvalue weighted by molar-refractivity contribution is 9.10. The van der Waals surface area contributed by atoms with Crippen molar-refractivity contribution in [2.45, 2.75) is 24.9 Å². The number of halogens is 1. The van der Waals surface area contributed by atoms with Crippen molar-refractivity contribution in [3.05, 3.63) is 34.3 Å². The Morgan fingerprint density at radius 1 is 1.37 bits per heavy atom. The van der Waals surface area contributed by atoms with Crippen molar-refractivity contribution < 1.29 is 0 Å². The maximum absolute atomic E-state index is 6.05. The van der Waals surface area contributed by atoms with Crippen molar-refractivity contribution in [1.29, 1.82) is 0 Å². The Labute approximate surface area is 124 Å². The second-order valence-corrected chi connectivity index (χ2v) is 6.51. The predicted molar refractivity (Wildman–Crippen MR) is 84.2 cm³/mol. The number of likely N-dealkylation sites (tertiary alicyclic amines) is 1. The summed E-state index contributed by atoms with van der Waals surface area (Å²) in [5.41, 5.74) is 7.38. The third kappa shape index (κ3) is 3.78. The molecule has 1 aromatic rings. The molecule has 19 heavy (non-hydrogen) atoms. The van der Waals surface area contributed by atoms with Crippen molar-refractivity contribution >= 4 is 15.9 Å². The lowest BCUT2D eigenvalue weighted by Gasteiger charge is -2.34. The molecule has 1 fully saturated rings. The summed E-state index contributed by atoms with van der Waals surface area (Å²) in [7, 11) is 4.29. The number of rotatable bonds is 5. The van der Waals surface area contributed by atoms with E-state index in [0.29, 0.717) is 18.6 Å². The van der Waals surface area contributed by atoms with E-state index in [4.69, 9.17) is 5.73 Å². The summed E-state index contributed by atoms with van der Waals surface area (Å²) in [6, 6.07) is 9.57. The SMILES string of the molecule is CN(C)CC1CCCN1C(CN)c1ccc(Br)cc1. The molecule has 0 spiro atoms. The van der Waals surface area contributed by atoms with E-state index in [9.17, 15) is 0 Å². The molecule has 3 nitrogen and oxygen atoms in total. The second-order valence-electron chi connectivity index (χ2n) is 5.60. The van der Waals surface area contributed by atoms with Crippen molar-refractivity contribution in [3.63, 3.8) is 0 Å². The van der Waals surface area contributed by atoms with E-state index in [-0.39, 0.29) is 0 Å². The zero-order valence-corrected chi connectivity index (χ0v) is 13.4.